The summed E-state index contributed by atoms with van der Waals surface area (Å²) in [4.78, 5) is 23.5. The number of ether oxygens (including phenoxy) is 2. The number of thioether (sulfide) groups is 1. The van der Waals surface area contributed by atoms with Gasteiger partial charge in [0.25, 0.3) is 0 Å². The molecule has 0 saturated heterocycles. The summed E-state index contributed by atoms with van der Waals surface area (Å²) in [6.45, 7) is 1.78. The zero-order valence-corrected chi connectivity index (χ0v) is 10.2. The second kappa shape index (κ2) is 3.80. The Morgan fingerprint density at radius 2 is 2.00 bits per heavy atom. The minimum absolute atomic E-state index is 0.0778. The molecule has 2 aliphatic rings. The van der Waals surface area contributed by atoms with Crippen LogP contribution in [0, 0.1) is 17.3 Å². The summed E-state index contributed by atoms with van der Waals surface area (Å²) in [7, 11) is 2.70. The lowest BCUT2D eigenvalue weighted by atomic mass is 9.53. The maximum absolute atomic E-state index is 11.8. The lowest BCUT2D eigenvalue weighted by Gasteiger charge is -2.52. The van der Waals surface area contributed by atoms with E-state index in [0.717, 1.165) is 0 Å². The Bertz CT molecular complexity index is 365. The number of rotatable bonds is 2. The van der Waals surface area contributed by atoms with Gasteiger partial charge in [-0.1, -0.05) is 6.08 Å². The second-order valence-electron chi connectivity index (χ2n) is 4.23. The Morgan fingerprint density at radius 1 is 1.31 bits per heavy atom. The first-order valence-electron chi connectivity index (χ1n) is 5.05. The Hall–Kier alpha value is -0.970. The van der Waals surface area contributed by atoms with Crippen LogP contribution in [0.2, 0.25) is 0 Å². The fraction of sp³-hybridized carbons (Fsp3) is 0.636. The number of methoxy groups -OCH3 is 2. The van der Waals surface area contributed by atoms with Gasteiger partial charge >= 0.3 is 11.9 Å². The summed E-state index contributed by atoms with van der Waals surface area (Å²) in [6, 6.07) is 0. The number of allylic oxidation sites excluding steroid dienone is 1. The summed E-state index contributed by atoms with van der Waals surface area (Å²) < 4.78 is 9.56. The summed E-state index contributed by atoms with van der Waals surface area (Å²) in [6.07, 6.45) is 1.98. The molecule has 0 aromatic rings. The lowest BCUT2D eigenvalue weighted by Crippen LogP contribution is -2.63. The molecule has 1 aliphatic carbocycles. The molecule has 1 fully saturated rings. The van der Waals surface area contributed by atoms with Gasteiger partial charge in [-0.15, -0.1) is 11.8 Å². The average Bonchev–Trinajstić information content (AvgIpc) is 2.72. The van der Waals surface area contributed by atoms with Gasteiger partial charge < -0.3 is 9.47 Å². The van der Waals surface area contributed by atoms with Crippen LogP contribution in [0.15, 0.2) is 11.5 Å². The molecule has 4 nitrogen and oxygen atoms in total. The molecule has 0 spiro atoms. The monoisotopic (exact) mass is 242 g/mol. The first-order chi connectivity index (χ1) is 7.57. The van der Waals surface area contributed by atoms with Crippen molar-refractivity contribution in [1.29, 1.82) is 0 Å². The van der Waals surface area contributed by atoms with Gasteiger partial charge in [0.05, 0.1) is 25.6 Å². The molecule has 0 aromatic heterocycles. The molecule has 88 valence electrons. The minimum atomic E-state index is -0.771. The van der Waals surface area contributed by atoms with Crippen molar-refractivity contribution in [2.45, 2.75) is 12.2 Å². The van der Waals surface area contributed by atoms with Gasteiger partial charge in [0, 0.05) is 11.2 Å². The maximum atomic E-state index is 11.8. The fourth-order valence-electron chi connectivity index (χ4n) is 2.66. The number of fused-ring (bicyclic) bond motifs is 1. The van der Waals surface area contributed by atoms with E-state index in [-0.39, 0.29) is 23.1 Å². The van der Waals surface area contributed by atoms with Crippen molar-refractivity contribution in [3.8, 4) is 0 Å². The lowest BCUT2D eigenvalue weighted by molar-refractivity contribution is -0.180. The predicted octanol–water partition coefficient (Wildman–Crippen LogP) is 1.21. The number of carbonyl (C=O) groups is 2. The Labute approximate surface area is 98.4 Å². The Kier molecular flexibility index (Phi) is 2.74. The molecular weight excluding hydrogens is 228 g/mol. The van der Waals surface area contributed by atoms with E-state index in [1.54, 1.807) is 18.7 Å². The van der Waals surface area contributed by atoms with Crippen molar-refractivity contribution < 1.29 is 19.1 Å². The molecule has 1 heterocycles. The van der Waals surface area contributed by atoms with E-state index in [2.05, 4.69) is 0 Å². The smallest absolute Gasteiger partial charge is 0.313 e. The van der Waals surface area contributed by atoms with Crippen molar-refractivity contribution in [2.24, 2.45) is 17.3 Å². The molecule has 4 unspecified atom stereocenters. The highest BCUT2D eigenvalue weighted by Gasteiger charge is 2.67. The highest BCUT2D eigenvalue weighted by Crippen LogP contribution is 2.61. The molecule has 16 heavy (non-hydrogen) atoms. The Morgan fingerprint density at radius 3 is 2.56 bits per heavy atom. The molecule has 5 heteroatoms. The molecule has 0 aromatic carbocycles. The fourth-order valence-corrected chi connectivity index (χ4v) is 4.20. The molecule has 4 atom stereocenters. The van der Waals surface area contributed by atoms with E-state index >= 15 is 0 Å². The second-order valence-corrected chi connectivity index (χ2v) is 5.32. The molecule has 1 saturated carbocycles. The topological polar surface area (TPSA) is 52.6 Å². The standard InChI is InChI=1S/C11H14O4S/c1-11(10(13)15-3)6-4-5-16-8(6)7(11)9(12)14-2/h4-8H,1-3H3. The third-order valence-electron chi connectivity index (χ3n) is 3.62. The van der Waals surface area contributed by atoms with Gasteiger partial charge in [-0.25, -0.2) is 0 Å². The average molecular weight is 242 g/mol. The van der Waals surface area contributed by atoms with Crippen molar-refractivity contribution >= 4 is 23.7 Å². The molecule has 1 aliphatic heterocycles. The van der Waals surface area contributed by atoms with E-state index in [1.807, 2.05) is 11.5 Å². The van der Waals surface area contributed by atoms with Gasteiger partial charge in [0.1, 0.15) is 0 Å². The van der Waals surface area contributed by atoms with Crippen LogP contribution >= 0.6 is 11.8 Å². The van der Waals surface area contributed by atoms with Crippen LogP contribution in [-0.2, 0) is 19.1 Å². The summed E-state index contributed by atoms with van der Waals surface area (Å²) in [5.74, 6) is -0.995. The first kappa shape index (κ1) is 11.5. The van der Waals surface area contributed by atoms with Crippen molar-refractivity contribution in [3.63, 3.8) is 0 Å². The SMILES string of the molecule is COC(=O)C1C2SC=CC2C1(C)C(=O)OC. The quantitative estimate of drug-likeness (QED) is 0.681. The normalized spacial score (nSPS) is 39.8. The highest BCUT2D eigenvalue weighted by molar-refractivity contribution is 8.03. The first-order valence-corrected chi connectivity index (χ1v) is 6.00. The molecule has 0 N–H and O–H groups in total. The molecule has 0 bridgehead atoms. The number of esters is 2. The molecule has 2 rings (SSSR count). The van der Waals surface area contributed by atoms with Crippen LogP contribution in [0.4, 0.5) is 0 Å². The predicted molar refractivity (Wildman–Crippen MR) is 59.6 cm³/mol. The number of hydrogen-bond donors (Lipinski definition) is 0. The largest absolute Gasteiger partial charge is 0.469 e. The van der Waals surface area contributed by atoms with Crippen molar-refractivity contribution in [1.82, 2.24) is 0 Å². The van der Waals surface area contributed by atoms with Gasteiger partial charge in [-0.3, -0.25) is 9.59 Å². The zero-order valence-electron chi connectivity index (χ0n) is 9.43. The van der Waals surface area contributed by atoms with Gasteiger partial charge in [-0.05, 0) is 12.3 Å². The third kappa shape index (κ3) is 1.24. The van der Waals surface area contributed by atoms with Crippen LogP contribution in [0.5, 0.6) is 0 Å². The Balaban J connectivity index is 2.30. The van der Waals surface area contributed by atoms with Gasteiger partial charge in [0.2, 0.25) is 0 Å². The van der Waals surface area contributed by atoms with Gasteiger partial charge in [0.15, 0.2) is 0 Å². The molecule has 0 amide bonds. The molecular formula is C11H14O4S. The zero-order chi connectivity index (χ0) is 11.9. The highest BCUT2D eigenvalue weighted by atomic mass is 32.2. The van der Waals surface area contributed by atoms with Crippen LogP contribution in [-0.4, -0.2) is 31.4 Å². The van der Waals surface area contributed by atoms with E-state index in [4.69, 9.17) is 9.47 Å². The summed E-state index contributed by atoms with van der Waals surface area (Å²) in [5.41, 5.74) is -0.771. The maximum Gasteiger partial charge on any atom is 0.313 e. The van der Waals surface area contributed by atoms with Crippen LogP contribution < -0.4 is 0 Å². The van der Waals surface area contributed by atoms with Crippen molar-refractivity contribution in [3.05, 3.63) is 11.5 Å². The van der Waals surface area contributed by atoms with Gasteiger partial charge in [-0.2, -0.15) is 0 Å². The van der Waals surface area contributed by atoms with Crippen LogP contribution in [0.25, 0.3) is 0 Å². The third-order valence-corrected chi connectivity index (χ3v) is 4.82. The van der Waals surface area contributed by atoms with Crippen molar-refractivity contribution in [2.75, 3.05) is 14.2 Å². The molecule has 0 radical (unpaired) electrons. The van der Waals surface area contributed by atoms with Crippen LogP contribution in [0.3, 0.4) is 0 Å². The van der Waals surface area contributed by atoms with Crippen LogP contribution in [0.1, 0.15) is 6.92 Å². The summed E-state index contributed by atoms with van der Waals surface area (Å²) >= 11 is 1.58. The minimum Gasteiger partial charge on any atom is -0.469 e. The summed E-state index contributed by atoms with van der Waals surface area (Å²) in [5, 5.41) is 2.07. The van der Waals surface area contributed by atoms with E-state index < -0.39 is 11.3 Å². The van der Waals surface area contributed by atoms with E-state index in [9.17, 15) is 9.59 Å². The number of carbonyl (C=O) groups excluding carboxylic acids is 2. The van der Waals surface area contributed by atoms with E-state index in [0.29, 0.717) is 0 Å². The van der Waals surface area contributed by atoms with E-state index in [1.165, 1.54) is 14.2 Å². The number of hydrogen-bond acceptors (Lipinski definition) is 5.